The van der Waals surface area contributed by atoms with Crippen LogP contribution < -0.4 is 5.32 Å². The van der Waals surface area contributed by atoms with E-state index in [1.54, 1.807) is 11.3 Å². The van der Waals surface area contributed by atoms with Crippen molar-refractivity contribution in [3.63, 3.8) is 0 Å². The molecular formula is C13H18ClN3S. The lowest BCUT2D eigenvalue weighted by molar-refractivity contribution is 0.559. The molecule has 98 valence electrons. The second-order valence-electron chi connectivity index (χ2n) is 4.80. The van der Waals surface area contributed by atoms with Gasteiger partial charge < -0.3 is 5.32 Å². The van der Waals surface area contributed by atoms with Gasteiger partial charge in [0.2, 0.25) is 5.28 Å². The van der Waals surface area contributed by atoms with Gasteiger partial charge in [-0.3, -0.25) is 0 Å². The third-order valence-corrected chi connectivity index (χ3v) is 4.47. The molecule has 0 aliphatic heterocycles. The summed E-state index contributed by atoms with van der Waals surface area (Å²) in [5.41, 5.74) is 0. The number of aryl methyl sites for hydroxylation is 1. The Hall–Kier alpha value is -0.870. The second kappa shape index (κ2) is 5.41. The molecule has 5 heteroatoms. The average molecular weight is 284 g/mol. The van der Waals surface area contributed by atoms with Gasteiger partial charge in [-0.1, -0.05) is 20.8 Å². The minimum absolute atomic E-state index is 0.311. The molecule has 2 rings (SSSR count). The molecule has 1 unspecified atom stereocenters. The zero-order valence-corrected chi connectivity index (χ0v) is 12.7. The molecule has 2 heterocycles. The molecule has 0 aliphatic rings. The van der Waals surface area contributed by atoms with Crippen LogP contribution in [0.3, 0.4) is 0 Å². The van der Waals surface area contributed by atoms with E-state index in [0.717, 1.165) is 22.5 Å². The summed E-state index contributed by atoms with van der Waals surface area (Å²) >= 11 is 7.67. The number of anilines is 1. The topological polar surface area (TPSA) is 37.8 Å². The van der Waals surface area contributed by atoms with Gasteiger partial charge in [0, 0.05) is 10.9 Å². The molecule has 1 atom stereocenters. The molecule has 0 saturated heterocycles. The summed E-state index contributed by atoms with van der Waals surface area (Å²) in [7, 11) is 0. The van der Waals surface area contributed by atoms with Gasteiger partial charge in [0.25, 0.3) is 0 Å². The first-order valence-electron chi connectivity index (χ1n) is 6.23. The highest BCUT2D eigenvalue weighted by Crippen LogP contribution is 2.31. The molecule has 18 heavy (non-hydrogen) atoms. The monoisotopic (exact) mass is 283 g/mol. The normalized spacial score (nSPS) is 13.2. The Labute approximate surface area is 117 Å². The van der Waals surface area contributed by atoms with Crippen LogP contribution in [0.15, 0.2) is 6.07 Å². The van der Waals surface area contributed by atoms with E-state index in [2.05, 4.69) is 49.0 Å². The fraction of sp³-hybridized carbons (Fsp3) is 0.538. The maximum absolute atomic E-state index is 5.98. The fourth-order valence-electron chi connectivity index (χ4n) is 1.61. The van der Waals surface area contributed by atoms with Crippen LogP contribution in [0.25, 0.3) is 10.2 Å². The Balaban J connectivity index is 2.44. The Morgan fingerprint density at radius 1 is 1.33 bits per heavy atom. The van der Waals surface area contributed by atoms with E-state index in [1.165, 1.54) is 4.88 Å². The van der Waals surface area contributed by atoms with Gasteiger partial charge in [0.05, 0.1) is 5.39 Å². The Bertz CT molecular complexity index is 550. The molecule has 0 aromatic carbocycles. The third-order valence-electron chi connectivity index (χ3n) is 3.13. The lowest BCUT2D eigenvalue weighted by atomic mass is 10.1. The number of aromatic nitrogens is 2. The third kappa shape index (κ3) is 2.75. The van der Waals surface area contributed by atoms with E-state index in [4.69, 9.17) is 11.6 Å². The number of hydrogen-bond donors (Lipinski definition) is 1. The van der Waals surface area contributed by atoms with Gasteiger partial charge in [-0.15, -0.1) is 11.3 Å². The lowest BCUT2D eigenvalue weighted by Crippen LogP contribution is -2.22. The highest BCUT2D eigenvalue weighted by Gasteiger charge is 2.14. The molecule has 0 spiro atoms. The molecule has 2 aromatic rings. The summed E-state index contributed by atoms with van der Waals surface area (Å²) in [6.07, 6.45) is 1.01. The lowest BCUT2D eigenvalue weighted by Gasteiger charge is -2.18. The van der Waals surface area contributed by atoms with E-state index in [1.807, 2.05) is 0 Å². The first-order chi connectivity index (χ1) is 8.51. The summed E-state index contributed by atoms with van der Waals surface area (Å²) in [6.45, 7) is 8.66. The summed E-state index contributed by atoms with van der Waals surface area (Å²) in [6, 6.07) is 2.51. The van der Waals surface area contributed by atoms with Gasteiger partial charge in [0.1, 0.15) is 10.6 Å². The van der Waals surface area contributed by atoms with Gasteiger partial charge in [-0.25, -0.2) is 9.97 Å². The molecule has 3 nitrogen and oxygen atoms in total. The van der Waals surface area contributed by atoms with Crippen molar-refractivity contribution < 1.29 is 0 Å². The number of nitrogens with zero attached hydrogens (tertiary/aromatic N) is 2. The number of halogens is 1. The minimum Gasteiger partial charge on any atom is -0.367 e. The summed E-state index contributed by atoms with van der Waals surface area (Å²) < 4.78 is 0. The van der Waals surface area contributed by atoms with Crippen molar-refractivity contribution in [2.75, 3.05) is 5.32 Å². The van der Waals surface area contributed by atoms with Crippen molar-refractivity contribution in [1.29, 1.82) is 0 Å². The van der Waals surface area contributed by atoms with Gasteiger partial charge >= 0.3 is 0 Å². The summed E-state index contributed by atoms with van der Waals surface area (Å²) in [4.78, 5) is 10.9. The number of nitrogens with one attached hydrogen (secondary N) is 1. The molecule has 0 amide bonds. The number of hydrogen-bond acceptors (Lipinski definition) is 4. The van der Waals surface area contributed by atoms with Gasteiger partial charge in [-0.05, 0) is 36.9 Å². The van der Waals surface area contributed by atoms with Crippen LogP contribution in [0.4, 0.5) is 5.82 Å². The molecule has 1 N–H and O–H groups in total. The fourth-order valence-corrected chi connectivity index (χ4v) is 2.80. The standard InChI is InChI=1S/C13H18ClN3S/c1-5-9-6-10-11(15-8(4)7(2)3)16-13(14)17-12(10)18-9/h6-8H,5H2,1-4H3,(H,15,16,17). The van der Waals surface area contributed by atoms with Crippen molar-refractivity contribution in [3.8, 4) is 0 Å². The van der Waals surface area contributed by atoms with E-state index < -0.39 is 0 Å². The number of thiophene rings is 1. The maximum atomic E-state index is 5.98. The predicted molar refractivity (Wildman–Crippen MR) is 79.7 cm³/mol. The second-order valence-corrected chi connectivity index (χ2v) is 6.26. The van der Waals surface area contributed by atoms with E-state index in [0.29, 0.717) is 17.2 Å². The van der Waals surface area contributed by atoms with Crippen LogP contribution >= 0.6 is 22.9 Å². The largest absolute Gasteiger partial charge is 0.367 e. The Kier molecular flexibility index (Phi) is 4.07. The van der Waals surface area contributed by atoms with Crippen molar-refractivity contribution in [2.24, 2.45) is 5.92 Å². The molecule has 0 saturated carbocycles. The highest BCUT2D eigenvalue weighted by atomic mass is 35.5. The zero-order valence-electron chi connectivity index (χ0n) is 11.1. The molecule has 0 bridgehead atoms. The van der Waals surface area contributed by atoms with Crippen molar-refractivity contribution >= 4 is 39.0 Å². The van der Waals surface area contributed by atoms with Crippen LogP contribution in [0.1, 0.15) is 32.6 Å². The molecule has 2 aromatic heterocycles. The molecular weight excluding hydrogens is 266 g/mol. The van der Waals surface area contributed by atoms with Crippen molar-refractivity contribution in [2.45, 2.75) is 40.2 Å². The van der Waals surface area contributed by atoms with Crippen LogP contribution in [0.5, 0.6) is 0 Å². The summed E-state index contributed by atoms with van der Waals surface area (Å²) in [5.74, 6) is 1.39. The minimum atomic E-state index is 0.311. The van der Waals surface area contributed by atoms with Crippen LogP contribution in [0.2, 0.25) is 5.28 Å². The maximum Gasteiger partial charge on any atom is 0.225 e. The summed E-state index contributed by atoms with van der Waals surface area (Å²) in [5, 5.41) is 4.82. The van der Waals surface area contributed by atoms with E-state index in [-0.39, 0.29) is 0 Å². The van der Waals surface area contributed by atoms with Crippen molar-refractivity contribution in [3.05, 3.63) is 16.2 Å². The van der Waals surface area contributed by atoms with Crippen LogP contribution in [0, 0.1) is 5.92 Å². The average Bonchev–Trinajstić information content (AvgIpc) is 2.71. The molecule has 0 radical (unpaired) electrons. The van der Waals surface area contributed by atoms with E-state index >= 15 is 0 Å². The Morgan fingerprint density at radius 3 is 2.67 bits per heavy atom. The highest BCUT2D eigenvalue weighted by molar-refractivity contribution is 7.18. The predicted octanol–water partition coefficient (Wildman–Crippen LogP) is 4.36. The van der Waals surface area contributed by atoms with Crippen LogP contribution in [-0.4, -0.2) is 16.0 Å². The molecule has 0 aliphatic carbocycles. The smallest absolute Gasteiger partial charge is 0.225 e. The first-order valence-corrected chi connectivity index (χ1v) is 7.43. The number of rotatable bonds is 4. The SMILES string of the molecule is CCc1cc2c(NC(C)C(C)C)nc(Cl)nc2s1. The van der Waals surface area contributed by atoms with Crippen molar-refractivity contribution in [1.82, 2.24) is 9.97 Å². The first kappa shape index (κ1) is 13.6. The Morgan fingerprint density at radius 2 is 2.06 bits per heavy atom. The van der Waals surface area contributed by atoms with Gasteiger partial charge in [-0.2, -0.15) is 0 Å². The molecule has 0 fully saturated rings. The zero-order chi connectivity index (χ0) is 13.3. The van der Waals surface area contributed by atoms with Gasteiger partial charge in [0.15, 0.2) is 0 Å². The quantitative estimate of drug-likeness (QED) is 0.847. The number of fused-ring (bicyclic) bond motifs is 1. The van der Waals surface area contributed by atoms with E-state index in [9.17, 15) is 0 Å². The van der Waals surface area contributed by atoms with Crippen LogP contribution in [-0.2, 0) is 6.42 Å².